The number of hydrogen-bond acceptors (Lipinski definition) is 2. The van der Waals surface area contributed by atoms with Crippen LogP contribution in [0.25, 0.3) is 66.1 Å². The molecule has 69 heavy (non-hydrogen) atoms. The number of fused-ring (bicyclic) bond motifs is 8. The van der Waals surface area contributed by atoms with E-state index in [1.165, 1.54) is 122 Å². The molecule has 0 N–H and O–H groups in total. The second-order valence-corrected chi connectivity index (χ2v) is 19.6. The Labute approximate surface area is 405 Å². The highest BCUT2D eigenvalue weighted by Gasteiger charge is 2.36. The Balaban J connectivity index is 1.12. The normalized spacial score (nSPS) is 14.5. The largest absolute Gasteiger partial charge is 0.314 e. The van der Waals surface area contributed by atoms with Gasteiger partial charge in [0.2, 0.25) is 0 Å². The van der Waals surface area contributed by atoms with Crippen LogP contribution >= 0.6 is 0 Å². The molecule has 2 heterocycles. The highest BCUT2D eigenvalue weighted by molar-refractivity contribution is 6.23. The van der Waals surface area contributed by atoms with E-state index in [9.17, 15) is 0 Å². The molecule has 1 aliphatic carbocycles. The third kappa shape index (κ3) is 6.39. The van der Waals surface area contributed by atoms with Gasteiger partial charge < -0.3 is 9.80 Å². The van der Waals surface area contributed by atoms with E-state index in [0.717, 1.165) is 24.2 Å². The molecule has 2 aliphatic heterocycles. The Kier molecular flexibility index (Phi) is 9.49. The zero-order valence-corrected chi connectivity index (χ0v) is 39.6. The second kappa shape index (κ2) is 16.0. The van der Waals surface area contributed by atoms with Crippen molar-refractivity contribution in [3.63, 3.8) is 0 Å². The minimum absolute atomic E-state index is 0.119. The lowest BCUT2D eigenvalue weighted by molar-refractivity contribution is 0.660. The van der Waals surface area contributed by atoms with Crippen molar-refractivity contribution in [3.8, 4) is 44.5 Å². The zero-order chi connectivity index (χ0) is 46.4. The molecule has 0 amide bonds. The topological polar surface area (TPSA) is 6.48 Å². The summed E-state index contributed by atoms with van der Waals surface area (Å²) in [4.78, 5) is 4.98. The highest BCUT2D eigenvalue weighted by Crippen LogP contribution is 2.53. The van der Waals surface area contributed by atoms with Gasteiger partial charge in [0.1, 0.15) is 0 Å². The van der Waals surface area contributed by atoms with E-state index in [4.69, 9.17) is 0 Å². The quantitative estimate of drug-likeness (QED) is 0.154. The lowest BCUT2D eigenvalue weighted by atomic mass is 9.80. The van der Waals surface area contributed by atoms with Crippen molar-refractivity contribution < 1.29 is 0 Å². The summed E-state index contributed by atoms with van der Waals surface area (Å²) in [7, 11) is 0. The summed E-state index contributed by atoms with van der Waals surface area (Å²) in [5.74, 6) is 0. The van der Waals surface area contributed by atoms with E-state index in [0.29, 0.717) is 0 Å². The van der Waals surface area contributed by atoms with Crippen LogP contribution in [0.1, 0.15) is 55.5 Å². The summed E-state index contributed by atoms with van der Waals surface area (Å²) in [5, 5.41) is 4.91. The van der Waals surface area contributed by atoms with Crippen molar-refractivity contribution in [2.75, 3.05) is 9.80 Å². The third-order valence-electron chi connectivity index (χ3n) is 15.4. The number of nitrogens with zero attached hydrogens (tertiary/aromatic N) is 2. The summed E-state index contributed by atoms with van der Waals surface area (Å²) in [6, 6.07) is 77.6. The smallest absolute Gasteiger partial charge is 0.0497 e. The first-order chi connectivity index (χ1) is 33.9. The van der Waals surface area contributed by atoms with Crippen LogP contribution in [-0.4, -0.2) is 0 Å². The number of anilines is 5. The average Bonchev–Trinajstić information content (AvgIpc) is 3.62. The molecular formula is C67H52N2. The molecule has 0 bridgehead atoms. The molecule has 330 valence electrons. The van der Waals surface area contributed by atoms with Gasteiger partial charge in [0.15, 0.2) is 0 Å². The van der Waals surface area contributed by atoms with Gasteiger partial charge in [-0.1, -0.05) is 184 Å². The lowest BCUT2D eigenvalue weighted by Gasteiger charge is -2.34. The van der Waals surface area contributed by atoms with Crippen LogP contribution < -0.4 is 9.80 Å². The van der Waals surface area contributed by atoms with Crippen molar-refractivity contribution in [2.45, 2.75) is 46.0 Å². The number of para-hydroxylation sites is 3. The number of hydrogen-bond donors (Lipinski definition) is 0. The number of allylic oxidation sites excluding steroid dienone is 4. The van der Waals surface area contributed by atoms with Crippen molar-refractivity contribution >= 4 is 50.0 Å². The van der Waals surface area contributed by atoms with Gasteiger partial charge in [-0.15, -0.1) is 0 Å². The molecule has 0 fully saturated rings. The van der Waals surface area contributed by atoms with E-state index < -0.39 is 0 Å². The van der Waals surface area contributed by atoms with E-state index in [1.54, 1.807) is 0 Å². The first-order valence-electron chi connectivity index (χ1n) is 24.5. The van der Waals surface area contributed by atoms with E-state index in [-0.39, 0.29) is 5.41 Å². The fourth-order valence-corrected chi connectivity index (χ4v) is 12.1. The second-order valence-electron chi connectivity index (χ2n) is 19.6. The molecule has 10 aromatic carbocycles. The number of rotatable bonds is 6. The van der Waals surface area contributed by atoms with Gasteiger partial charge in [-0.2, -0.15) is 0 Å². The van der Waals surface area contributed by atoms with Crippen LogP contribution in [0.15, 0.2) is 230 Å². The molecule has 10 aromatic rings. The molecule has 0 aromatic heterocycles. The molecule has 0 spiro atoms. The van der Waals surface area contributed by atoms with Crippen molar-refractivity contribution in [1.29, 1.82) is 0 Å². The Hall–Kier alpha value is -8.20. The van der Waals surface area contributed by atoms with Gasteiger partial charge in [-0.3, -0.25) is 0 Å². The van der Waals surface area contributed by atoms with Crippen LogP contribution in [0.2, 0.25) is 0 Å². The predicted octanol–water partition coefficient (Wildman–Crippen LogP) is 18.2. The standard InChI is InChI=1S/C67H52N2/c1-5-19-45-38-47-22-9-16-29-62(47)68(43(45)2)50-33-37-57-58(41-50)65(44-20-7-6-8-21-44)56-36-34-51(69-63-30-17-10-23-48(63)39-49-24-11-18-31-64(49)69)42-59(56)66(57)55-27-13-12-25-52(55)46-32-35-54-53-26-14-15-28-60(53)67(3,4)61(54)40-46/h5-37,40-42H,38-39H2,1-4H3/b19-5-. The van der Waals surface area contributed by atoms with Gasteiger partial charge in [-0.05, 0) is 162 Å². The molecule has 0 saturated carbocycles. The average molecular weight is 885 g/mol. The molecular weight excluding hydrogens is 833 g/mol. The molecule has 2 heteroatoms. The maximum absolute atomic E-state index is 2.49. The van der Waals surface area contributed by atoms with Gasteiger partial charge in [-0.25, -0.2) is 0 Å². The SMILES string of the molecule is C/C=C\C1=C(C)N(c2ccc3c(-c4ccccc4-c4ccc5c(c4)C(C)(C)c4ccccc4-5)c4cc(N5c6ccccc6Cc6ccccc65)ccc4c(-c4ccccc4)c3c2)c2ccccc2C1. The molecule has 0 unspecified atom stereocenters. The van der Waals surface area contributed by atoms with Crippen LogP contribution in [-0.2, 0) is 18.3 Å². The summed E-state index contributed by atoms with van der Waals surface area (Å²) in [5.41, 5.74) is 25.3. The van der Waals surface area contributed by atoms with Crippen LogP contribution in [0.3, 0.4) is 0 Å². The monoisotopic (exact) mass is 884 g/mol. The van der Waals surface area contributed by atoms with E-state index in [2.05, 4.69) is 256 Å². The Morgan fingerprint density at radius 1 is 0.406 bits per heavy atom. The molecule has 0 radical (unpaired) electrons. The van der Waals surface area contributed by atoms with Crippen LogP contribution in [0, 0.1) is 0 Å². The lowest BCUT2D eigenvalue weighted by Crippen LogP contribution is -2.22. The Morgan fingerprint density at radius 2 is 0.928 bits per heavy atom. The summed E-state index contributed by atoms with van der Waals surface area (Å²) < 4.78 is 0. The molecule has 3 aliphatic rings. The zero-order valence-electron chi connectivity index (χ0n) is 39.6. The summed E-state index contributed by atoms with van der Waals surface area (Å²) in [6.45, 7) is 9.16. The van der Waals surface area contributed by atoms with Crippen molar-refractivity contribution in [1.82, 2.24) is 0 Å². The Bertz CT molecular complexity index is 3750. The fraction of sp³-hybridized carbons (Fsp3) is 0.104. The van der Waals surface area contributed by atoms with Gasteiger partial charge in [0, 0.05) is 52.4 Å². The number of benzene rings is 10. The van der Waals surface area contributed by atoms with Crippen LogP contribution in [0.5, 0.6) is 0 Å². The maximum Gasteiger partial charge on any atom is 0.0497 e. The molecule has 2 nitrogen and oxygen atoms in total. The maximum atomic E-state index is 2.49. The molecule has 0 atom stereocenters. The van der Waals surface area contributed by atoms with Gasteiger partial charge in [0.05, 0.1) is 0 Å². The van der Waals surface area contributed by atoms with Gasteiger partial charge in [0.25, 0.3) is 0 Å². The fourth-order valence-electron chi connectivity index (χ4n) is 12.1. The van der Waals surface area contributed by atoms with E-state index >= 15 is 0 Å². The minimum atomic E-state index is -0.119. The molecule has 0 saturated heterocycles. The third-order valence-corrected chi connectivity index (χ3v) is 15.4. The first kappa shape index (κ1) is 41.0. The Morgan fingerprint density at radius 3 is 1.61 bits per heavy atom. The predicted molar refractivity (Wildman–Crippen MR) is 293 cm³/mol. The van der Waals surface area contributed by atoms with Crippen molar-refractivity contribution in [3.05, 3.63) is 257 Å². The summed E-state index contributed by atoms with van der Waals surface area (Å²) in [6.07, 6.45) is 6.28. The van der Waals surface area contributed by atoms with Gasteiger partial charge >= 0.3 is 0 Å². The summed E-state index contributed by atoms with van der Waals surface area (Å²) >= 11 is 0. The molecule has 13 rings (SSSR count). The van der Waals surface area contributed by atoms with E-state index in [1.807, 2.05) is 0 Å². The van der Waals surface area contributed by atoms with Crippen molar-refractivity contribution in [2.24, 2.45) is 0 Å². The highest BCUT2D eigenvalue weighted by atomic mass is 15.2. The van der Waals surface area contributed by atoms with Crippen LogP contribution in [0.4, 0.5) is 28.4 Å². The first-order valence-corrected chi connectivity index (χ1v) is 24.5. The minimum Gasteiger partial charge on any atom is -0.314 e.